The molecule has 0 amide bonds. The molecule has 338 valence electrons. The Labute approximate surface area is 430 Å². The SMILES string of the molecule is Clc1cc(Cl)cc(-c2c3nc(c(-c4cc(Cl)cc(Cl)c4)c4[nH]c(nc5nc(nc6[nH]c2c2cc7ccccc7cc62)-c2cc6ccccc6cc2-5)c2cc5ccccc5cc42)-c2cc4ccccc4cc2-3)c1. The molecule has 2 aliphatic heterocycles. The van der Waals surface area contributed by atoms with Crippen LogP contribution in [0, 0.1) is 0 Å². The van der Waals surface area contributed by atoms with E-state index in [1.807, 2.05) is 24.3 Å². The van der Waals surface area contributed by atoms with Crippen molar-refractivity contribution in [1.29, 1.82) is 0 Å². The van der Waals surface area contributed by atoms with Crippen molar-refractivity contribution in [3.63, 3.8) is 0 Å². The molecule has 0 radical (unpaired) electrons. The van der Waals surface area contributed by atoms with Crippen LogP contribution >= 0.6 is 46.4 Å². The van der Waals surface area contributed by atoms with Gasteiger partial charge in [0.05, 0.1) is 22.4 Å². The Kier molecular flexibility index (Phi) is 9.08. The normalized spacial score (nSPS) is 12.2. The van der Waals surface area contributed by atoms with Crippen LogP contribution in [0.25, 0.3) is 155 Å². The van der Waals surface area contributed by atoms with E-state index >= 15 is 0 Å². The number of nitrogens with zero attached hydrogens (tertiary/aromatic N) is 4. The number of aromatic nitrogens is 6. The van der Waals surface area contributed by atoms with Gasteiger partial charge in [-0.3, -0.25) is 0 Å². The van der Waals surface area contributed by atoms with Gasteiger partial charge in [-0.1, -0.05) is 143 Å². The van der Waals surface area contributed by atoms with Gasteiger partial charge >= 0.3 is 0 Å². The number of H-pyrrole nitrogens is 2. The zero-order chi connectivity index (χ0) is 47.9. The van der Waals surface area contributed by atoms with Gasteiger partial charge in [-0.15, -0.1) is 0 Å². The first-order valence-corrected chi connectivity index (χ1v) is 24.9. The minimum atomic E-state index is 0.485. The summed E-state index contributed by atoms with van der Waals surface area (Å²) in [6, 6.07) is 62.5. The standard InChI is InChI=1S/C62H32Cl4N6/c63-41-17-39(18-42(64)29-41)53-55-45-21-31-9-1-2-10-32(31)22-46(45)56(67-55)54(40-19-43(65)30-44(66)20-40)58-48-24-34-12-4-6-14-36(34)26-50(48)60(69-58)71-62-52-28-38-16-8-7-15-37(38)27-51(52)61(72-62)70-59-49-25-35-13-5-3-11-33(35)23-47(49)57(53)68-59/h1-30H,(H2,68,69,70,71,72). The highest BCUT2D eigenvalue weighted by Crippen LogP contribution is 2.51. The van der Waals surface area contributed by atoms with Gasteiger partial charge in [-0.05, 0) is 139 Å². The van der Waals surface area contributed by atoms with E-state index in [0.29, 0.717) is 54.4 Å². The second-order valence-electron chi connectivity index (χ2n) is 18.5. The fourth-order valence-corrected chi connectivity index (χ4v) is 12.1. The number of rotatable bonds is 2. The smallest absolute Gasteiger partial charge is 0.164 e. The number of hydrogen-bond donors (Lipinski definition) is 2. The first kappa shape index (κ1) is 41.7. The average molecular weight is 1000 g/mol. The van der Waals surface area contributed by atoms with Crippen LogP contribution in [0.4, 0.5) is 0 Å². The molecule has 0 saturated carbocycles. The molecule has 0 fully saturated rings. The maximum Gasteiger partial charge on any atom is 0.164 e. The van der Waals surface area contributed by atoms with Crippen molar-refractivity contribution in [3.8, 4) is 67.5 Å². The Morgan fingerprint density at radius 3 is 0.944 bits per heavy atom. The fraction of sp³-hybridized carbons (Fsp3) is 0. The molecular weight excluding hydrogens is 971 g/mol. The summed E-state index contributed by atoms with van der Waals surface area (Å²) in [7, 11) is 0. The minimum absolute atomic E-state index is 0.485. The predicted octanol–water partition coefficient (Wildman–Crippen LogP) is 18.6. The Balaban J connectivity index is 1.25. The first-order chi connectivity index (χ1) is 35.2. The van der Waals surface area contributed by atoms with E-state index in [4.69, 9.17) is 66.3 Å². The molecule has 8 bridgehead atoms. The number of halogens is 4. The lowest BCUT2D eigenvalue weighted by Gasteiger charge is -2.11. The predicted molar refractivity (Wildman–Crippen MR) is 301 cm³/mol. The van der Waals surface area contributed by atoms with Crippen LogP contribution in [0.5, 0.6) is 0 Å². The maximum absolute atomic E-state index is 7.01. The lowest BCUT2D eigenvalue weighted by atomic mass is 9.92. The van der Waals surface area contributed by atoms with Gasteiger partial charge in [-0.2, -0.15) is 0 Å². The zero-order valence-corrected chi connectivity index (χ0v) is 40.6. The molecule has 2 N–H and O–H groups in total. The molecule has 3 aromatic heterocycles. The molecule has 6 nitrogen and oxygen atoms in total. The Morgan fingerprint density at radius 1 is 0.292 bits per heavy atom. The van der Waals surface area contributed by atoms with Gasteiger partial charge < -0.3 is 9.97 Å². The van der Waals surface area contributed by atoms with Gasteiger partial charge in [0, 0.05) is 75.0 Å². The molecule has 10 heteroatoms. The third kappa shape index (κ3) is 6.50. The number of hydrogen-bond acceptors (Lipinski definition) is 4. The van der Waals surface area contributed by atoms with Crippen molar-refractivity contribution in [3.05, 3.63) is 202 Å². The fourth-order valence-electron chi connectivity index (χ4n) is 11.0. The van der Waals surface area contributed by atoms with Crippen molar-refractivity contribution < 1.29 is 0 Å². The highest BCUT2D eigenvalue weighted by Gasteiger charge is 2.29. The lowest BCUT2D eigenvalue weighted by Crippen LogP contribution is -1.87. The molecule has 2 aliphatic rings. The number of aromatic amines is 2. The van der Waals surface area contributed by atoms with Crippen molar-refractivity contribution in [1.82, 2.24) is 29.9 Å². The summed E-state index contributed by atoms with van der Waals surface area (Å²) >= 11 is 28.0. The third-order valence-electron chi connectivity index (χ3n) is 14.2. The largest absolute Gasteiger partial charge is 0.339 e. The van der Waals surface area contributed by atoms with E-state index in [0.717, 1.165) is 120 Å². The molecule has 0 atom stereocenters. The van der Waals surface area contributed by atoms with Crippen molar-refractivity contribution in [2.24, 2.45) is 0 Å². The highest BCUT2D eigenvalue weighted by molar-refractivity contribution is 6.36. The molecule has 0 spiro atoms. The summed E-state index contributed by atoms with van der Waals surface area (Å²) < 4.78 is 0. The lowest BCUT2D eigenvalue weighted by molar-refractivity contribution is 1.22. The van der Waals surface area contributed by atoms with Crippen LogP contribution in [0.15, 0.2) is 182 Å². The summed E-state index contributed by atoms with van der Waals surface area (Å²) in [6.07, 6.45) is 0. The average Bonchev–Trinajstić information content (AvgIpc) is 4.11. The molecule has 0 unspecified atom stereocenters. The second kappa shape index (κ2) is 15.7. The molecule has 0 saturated heterocycles. The molecule has 5 heterocycles. The van der Waals surface area contributed by atoms with Gasteiger partial charge in [0.25, 0.3) is 0 Å². The molecule has 72 heavy (non-hydrogen) atoms. The van der Waals surface area contributed by atoms with Crippen LogP contribution in [0.1, 0.15) is 0 Å². The van der Waals surface area contributed by atoms with Crippen molar-refractivity contribution in [2.75, 3.05) is 0 Å². The molecule has 13 aromatic rings. The van der Waals surface area contributed by atoms with E-state index in [2.05, 4.69) is 156 Å². The van der Waals surface area contributed by atoms with Crippen molar-refractivity contribution in [2.45, 2.75) is 0 Å². The monoisotopic (exact) mass is 1000 g/mol. The summed E-state index contributed by atoms with van der Waals surface area (Å²) in [5, 5.41) is 14.1. The Bertz CT molecular complexity index is 4430. The topological polar surface area (TPSA) is 83.1 Å². The molecular formula is C62H32Cl4N6. The number of nitrogens with one attached hydrogen (secondary N) is 2. The van der Waals surface area contributed by atoms with Gasteiger partial charge in [0.2, 0.25) is 0 Å². The zero-order valence-electron chi connectivity index (χ0n) is 37.6. The van der Waals surface area contributed by atoms with E-state index in [1.165, 1.54) is 0 Å². The second-order valence-corrected chi connectivity index (χ2v) is 20.3. The first-order valence-electron chi connectivity index (χ1n) is 23.4. The van der Waals surface area contributed by atoms with E-state index in [-0.39, 0.29) is 0 Å². The van der Waals surface area contributed by atoms with Crippen LogP contribution in [0.3, 0.4) is 0 Å². The quantitative estimate of drug-likeness (QED) is 0.181. The third-order valence-corrected chi connectivity index (χ3v) is 15.1. The van der Waals surface area contributed by atoms with Crippen LogP contribution in [-0.2, 0) is 0 Å². The van der Waals surface area contributed by atoms with Gasteiger partial charge in [0.1, 0.15) is 11.3 Å². The summed E-state index contributed by atoms with van der Waals surface area (Å²) in [5.74, 6) is 1.06. The Hall–Kier alpha value is -8.10. The summed E-state index contributed by atoms with van der Waals surface area (Å²) in [4.78, 5) is 30.1. The van der Waals surface area contributed by atoms with Gasteiger partial charge in [0.15, 0.2) is 11.6 Å². The van der Waals surface area contributed by atoms with Crippen LogP contribution in [0.2, 0.25) is 20.1 Å². The summed E-state index contributed by atoms with van der Waals surface area (Å²) in [6.45, 7) is 0. The molecule has 0 aliphatic carbocycles. The minimum Gasteiger partial charge on any atom is -0.339 e. The van der Waals surface area contributed by atoms with Crippen LogP contribution < -0.4 is 0 Å². The van der Waals surface area contributed by atoms with E-state index in [9.17, 15) is 0 Å². The number of fused-ring (bicyclic) bond motifs is 24. The highest BCUT2D eigenvalue weighted by atomic mass is 35.5. The summed E-state index contributed by atoms with van der Waals surface area (Å²) in [5.41, 5.74) is 10.9. The maximum atomic E-state index is 7.01. The molecule has 10 aromatic carbocycles. The number of benzene rings is 10. The van der Waals surface area contributed by atoms with E-state index < -0.39 is 0 Å². The van der Waals surface area contributed by atoms with Gasteiger partial charge in [-0.25, -0.2) is 19.9 Å². The van der Waals surface area contributed by atoms with Crippen molar-refractivity contribution >= 4 is 133 Å². The Morgan fingerprint density at radius 2 is 0.597 bits per heavy atom. The van der Waals surface area contributed by atoms with Crippen LogP contribution in [-0.4, -0.2) is 29.9 Å². The van der Waals surface area contributed by atoms with E-state index in [1.54, 1.807) is 12.1 Å². The molecule has 15 rings (SSSR count).